The number of hydrogen-bond acceptors (Lipinski definition) is 7. The minimum atomic E-state index is -1.11. The molecule has 1 N–H and O–H groups in total. The molecule has 0 bridgehead atoms. The lowest BCUT2D eigenvalue weighted by atomic mass is 9.92. The molecule has 0 saturated carbocycles. The van der Waals surface area contributed by atoms with Crippen LogP contribution in [0.25, 0.3) is 11.4 Å². The van der Waals surface area contributed by atoms with E-state index in [0.29, 0.717) is 18.5 Å². The number of carboxylic acid groups (broad SMARTS) is 1. The van der Waals surface area contributed by atoms with Crippen LogP contribution >= 0.6 is 0 Å². The van der Waals surface area contributed by atoms with Crippen LogP contribution in [0.5, 0.6) is 5.88 Å². The lowest BCUT2D eigenvalue weighted by molar-refractivity contribution is 0.0693. The molecule has 1 aromatic carbocycles. The first-order valence-electron chi connectivity index (χ1n) is 14.0. The number of aryl methyl sites for hydroxylation is 1. The summed E-state index contributed by atoms with van der Waals surface area (Å²) in [5, 5.41) is 13.7. The van der Waals surface area contributed by atoms with Crippen molar-refractivity contribution in [1.82, 2.24) is 19.7 Å². The molecule has 9 nitrogen and oxygen atoms in total. The monoisotopic (exact) mass is 558 g/mol. The average Bonchev–Trinajstić information content (AvgIpc) is 3.41. The van der Waals surface area contributed by atoms with Crippen molar-refractivity contribution < 1.29 is 24.1 Å². The number of allylic oxidation sites excluding steroid dienone is 3. The van der Waals surface area contributed by atoms with Gasteiger partial charge >= 0.3 is 5.97 Å². The predicted octanol–water partition coefficient (Wildman–Crippen LogP) is 5.34. The number of rotatable bonds is 10. The molecule has 2 aliphatic rings. The van der Waals surface area contributed by atoms with Gasteiger partial charge in [0, 0.05) is 31.8 Å². The Labute approximate surface area is 241 Å². The molecule has 41 heavy (non-hydrogen) atoms. The van der Waals surface area contributed by atoms with E-state index in [2.05, 4.69) is 49.0 Å². The minimum absolute atomic E-state index is 0.0195. The Hall–Kier alpha value is -3.95. The Balaban J connectivity index is 1.36. The molecular weight excluding hydrogens is 520 g/mol. The second-order valence-corrected chi connectivity index (χ2v) is 10.8. The zero-order valence-electron chi connectivity index (χ0n) is 24.4. The first kappa shape index (κ1) is 28.6. The number of ether oxygens (including phenoxy) is 3. The summed E-state index contributed by atoms with van der Waals surface area (Å²) in [6.07, 6.45) is 6.26. The molecule has 0 radical (unpaired) electrons. The van der Waals surface area contributed by atoms with Crippen LogP contribution in [0, 0.1) is 6.92 Å². The number of benzene rings is 1. The molecule has 3 aromatic rings. The van der Waals surface area contributed by atoms with E-state index >= 15 is 0 Å². The number of methoxy groups -OCH3 is 2. The second kappa shape index (κ2) is 12.3. The van der Waals surface area contributed by atoms with E-state index in [1.54, 1.807) is 13.2 Å². The van der Waals surface area contributed by atoms with Crippen LogP contribution in [0.15, 0.2) is 53.9 Å². The molecule has 0 spiro atoms. The molecule has 1 unspecified atom stereocenters. The fraction of sp³-hybridized carbons (Fsp3) is 0.406. The van der Waals surface area contributed by atoms with E-state index in [0.717, 1.165) is 61.5 Å². The van der Waals surface area contributed by atoms with Crippen molar-refractivity contribution in [2.75, 3.05) is 27.4 Å². The molecule has 9 heteroatoms. The van der Waals surface area contributed by atoms with Crippen LogP contribution < -0.4 is 4.74 Å². The van der Waals surface area contributed by atoms with E-state index in [4.69, 9.17) is 19.2 Å². The van der Waals surface area contributed by atoms with Gasteiger partial charge in [0.05, 0.1) is 25.6 Å². The lowest BCUT2D eigenvalue weighted by Gasteiger charge is -2.34. The van der Waals surface area contributed by atoms with Crippen molar-refractivity contribution in [3.8, 4) is 11.7 Å². The van der Waals surface area contributed by atoms with Crippen molar-refractivity contribution in [3.05, 3.63) is 87.4 Å². The number of carboxylic acids is 1. The van der Waals surface area contributed by atoms with Crippen LogP contribution in [-0.4, -0.2) is 64.2 Å². The van der Waals surface area contributed by atoms with E-state index in [1.807, 2.05) is 12.1 Å². The Morgan fingerprint density at radius 2 is 2.00 bits per heavy atom. The van der Waals surface area contributed by atoms with E-state index < -0.39 is 5.97 Å². The van der Waals surface area contributed by atoms with Gasteiger partial charge in [0.25, 0.3) is 0 Å². The molecule has 3 heterocycles. The van der Waals surface area contributed by atoms with Gasteiger partial charge in [-0.1, -0.05) is 24.3 Å². The fourth-order valence-corrected chi connectivity index (χ4v) is 5.75. The first-order chi connectivity index (χ1) is 19.8. The van der Waals surface area contributed by atoms with Gasteiger partial charge in [0.15, 0.2) is 5.82 Å². The third-order valence-corrected chi connectivity index (χ3v) is 7.95. The third kappa shape index (κ3) is 5.92. The molecule has 216 valence electrons. The number of carbonyl (C=O) groups is 1. The van der Waals surface area contributed by atoms with Crippen molar-refractivity contribution in [3.63, 3.8) is 0 Å². The summed E-state index contributed by atoms with van der Waals surface area (Å²) in [7, 11) is 3.18. The van der Waals surface area contributed by atoms with Gasteiger partial charge in [-0.2, -0.15) is 9.78 Å². The highest BCUT2D eigenvalue weighted by Gasteiger charge is 2.24. The highest BCUT2D eigenvalue weighted by atomic mass is 16.5. The number of pyridine rings is 1. The standard InChI is InChI=1S/C32H38N4O5/c1-20-8-6-9-25(28-10-7-11-29(34-28)36-31(40-5)26(16-33-36)32(37)38)30(20)41-19-23-14-21(2)27-17-35(22(3)18-39-4)13-12-24(27)15-23/h7,9-11,14-16,22H,6,8,12-13,17-19H2,1-5H3,(H,37,38). The van der Waals surface area contributed by atoms with Gasteiger partial charge in [-0.3, -0.25) is 4.90 Å². The molecule has 1 atom stereocenters. The summed E-state index contributed by atoms with van der Waals surface area (Å²) in [6, 6.07) is 10.5. The number of nitrogens with zero attached hydrogens (tertiary/aromatic N) is 4. The highest BCUT2D eigenvalue weighted by Crippen LogP contribution is 2.34. The van der Waals surface area contributed by atoms with Gasteiger partial charge in [0.2, 0.25) is 5.88 Å². The number of fused-ring (bicyclic) bond motifs is 1. The van der Waals surface area contributed by atoms with Crippen LogP contribution in [0.4, 0.5) is 0 Å². The maximum atomic E-state index is 11.6. The first-order valence-corrected chi connectivity index (χ1v) is 14.0. The summed E-state index contributed by atoms with van der Waals surface area (Å²) < 4.78 is 18.7. The topological polar surface area (TPSA) is 98.9 Å². The quantitative estimate of drug-likeness (QED) is 0.356. The Morgan fingerprint density at radius 3 is 2.76 bits per heavy atom. The lowest BCUT2D eigenvalue weighted by Crippen LogP contribution is -2.40. The SMILES string of the molecule is COCC(C)N1CCc2cc(COC3=C(C)CCC=C3c3cccc(-n4ncc(C(=O)O)c4OC)n3)cc(C)c2C1. The normalized spacial score (nSPS) is 16.3. The molecule has 0 amide bonds. The molecule has 5 rings (SSSR count). The molecular formula is C32H38N4O5. The largest absolute Gasteiger partial charge is 0.488 e. The van der Waals surface area contributed by atoms with E-state index in [1.165, 1.54) is 40.3 Å². The van der Waals surface area contributed by atoms with Gasteiger partial charge in [0.1, 0.15) is 17.9 Å². The van der Waals surface area contributed by atoms with Gasteiger partial charge in [-0.15, -0.1) is 0 Å². The van der Waals surface area contributed by atoms with E-state index in [-0.39, 0.29) is 11.4 Å². The number of aromatic nitrogens is 3. The second-order valence-electron chi connectivity index (χ2n) is 10.8. The van der Waals surface area contributed by atoms with Crippen molar-refractivity contribution in [2.45, 2.75) is 59.2 Å². The molecule has 1 aliphatic heterocycles. The van der Waals surface area contributed by atoms with Crippen LogP contribution in [0.2, 0.25) is 0 Å². The van der Waals surface area contributed by atoms with Crippen molar-refractivity contribution in [1.29, 1.82) is 0 Å². The zero-order chi connectivity index (χ0) is 29.1. The number of hydrogen-bond donors (Lipinski definition) is 1. The Kier molecular flexibility index (Phi) is 8.56. The number of aromatic carboxylic acids is 1. The molecule has 0 saturated heterocycles. The Morgan fingerprint density at radius 1 is 1.17 bits per heavy atom. The summed E-state index contributed by atoms with van der Waals surface area (Å²) in [5.74, 6) is 0.329. The third-order valence-electron chi connectivity index (χ3n) is 7.95. The Bertz CT molecular complexity index is 1510. The van der Waals surface area contributed by atoms with Gasteiger partial charge in [-0.05, 0) is 80.0 Å². The average molecular weight is 559 g/mol. The summed E-state index contributed by atoms with van der Waals surface area (Å²) in [4.78, 5) is 18.9. The zero-order valence-corrected chi connectivity index (χ0v) is 24.4. The van der Waals surface area contributed by atoms with Crippen molar-refractivity contribution >= 4 is 11.5 Å². The van der Waals surface area contributed by atoms with Crippen LogP contribution in [0.3, 0.4) is 0 Å². The maximum Gasteiger partial charge on any atom is 0.342 e. The van der Waals surface area contributed by atoms with Crippen LogP contribution in [-0.2, 0) is 29.0 Å². The highest BCUT2D eigenvalue weighted by molar-refractivity contribution is 5.90. The van der Waals surface area contributed by atoms with Gasteiger partial charge in [-0.25, -0.2) is 9.78 Å². The predicted molar refractivity (Wildman–Crippen MR) is 156 cm³/mol. The summed E-state index contributed by atoms with van der Waals surface area (Å²) in [6.45, 7) is 9.70. The van der Waals surface area contributed by atoms with Gasteiger partial charge < -0.3 is 19.3 Å². The van der Waals surface area contributed by atoms with Crippen molar-refractivity contribution in [2.24, 2.45) is 0 Å². The fourth-order valence-electron chi connectivity index (χ4n) is 5.75. The molecule has 2 aromatic heterocycles. The van der Waals surface area contributed by atoms with Crippen LogP contribution in [0.1, 0.15) is 65.0 Å². The molecule has 1 aliphatic carbocycles. The minimum Gasteiger partial charge on any atom is -0.488 e. The summed E-state index contributed by atoms with van der Waals surface area (Å²) >= 11 is 0. The van der Waals surface area contributed by atoms with E-state index in [9.17, 15) is 9.90 Å². The molecule has 0 fully saturated rings. The maximum absolute atomic E-state index is 11.6. The smallest absolute Gasteiger partial charge is 0.342 e. The summed E-state index contributed by atoms with van der Waals surface area (Å²) in [5.41, 5.74) is 8.09.